The van der Waals surface area contributed by atoms with Gasteiger partial charge >= 0.3 is 11.9 Å². The van der Waals surface area contributed by atoms with Crippen LogP contribution in [0.3, 0.4) is 0 Å². The number of hydrogen-bond acceptors (Lipinski definition) is 8. The highest BCUT2D eigenvalue weighted by atomic mass is 35.5. The second kappa shape index (κ2) is 8.10. The summed E-state index contributed by atoms with van der Waals surface area (Å²) in [6.07, 6.45) is 0. The van der Waals surface area contributed by atoms with Crippen molar-refractivity contribution in [1.82, 2.24) is 4.90 Å². The van der Waals surface area contributed by atoms with Crippen LogP contribution >= 0.6 is 23.4 Å². The molecule has 2 heterocycles. The highest BCUT2D eigenvalue weighted by Gasteiger charge is 2.56. The fourth-order valence-corrected chi connectivity index (χ4v) is 4.63. The first kappa shape index (κ1) is 20.6. The van der Waals surface area contributed by atoms with Gasteiger partial charge in [0, 0.05) is 29.8 Å². The van der Waals surface area contributed by atoms with Crippen LogP contribution in [0.15, 0.2) is 24.3 Å². The Bertz CT molecular complexity index is 817. The van der Waals surface area contributed by atoms with Crippen molar-refractivity contribution in [3.8, 4) is 0 Å². The van der Waals surface area contributed by atoms with Gasteiger partial charge in [0.25, 0.3) is 0 Å². The number of benzene rings is 1. The maximum absolute atomic E-state index is 12.8. The minimum absolute atomic E-state index is 0.0262. The van der Waals surface area contributed by atoms with Gasteiger partial charge in [0.1, 0.15) is 23.4 Å². The topological polar surface area (TPSA) is 116 Å². The van der Waals surface area contributed by atoms with Crippen molar-refractivity contribution in [3.05, 3.63) is 34.9 Å². The lowest BCUT2D eigenvalue weighted by atomic mass is 9.88. The molecule has 0 radical (unpaired) electrons. The molecule has 0 bridgehead atoms. The lowest BCUT2D eigenvalue weighted by molar-refractivity contribution is -0.167. The van der Waals surface area contributed by atoms with Gasteiger partial charge in [-0.15, -0.1) is 11.8 Å². The summed E-state index contributed by atoms with van der Waals surface area (Å²) in [4.78, 5) is 49.8. The SMILES string of the molecule is CC(=O)OCC1(C(=O)OCC(=O)c2ccc(Cl)cc2)CS[C@@H]2C(N)C(=O)N2C1. The molecule has 0 aliphatic carbocycles. The highest BCUT2D eigenvalue weighted by Crippen LogP contribution is 2.42. The van der Waals surface area contributed by atoms with Gasteiger partial charge in [0.2, 0.25) is 5.91 Å². The first-order valence-electron chi connectivity index (χ1n) is 8.50. The number of carbonyl (C=O) groups excluding carboxylic acids is 4. The van der Waals surface area contributed by atoms with Crippen molar-refractivity contribution in [2.75, 3.05) is 25.5 Å². The van der Waals surface area contributed by atoms with Gasteiger partial charge in [-0.1, -0.05) is 11.6 Å². The Morgan fingerprint density at radius 1 is 1.29 bits per heavy atom. The number of fused-ring (bicyclic) bond motifs is 1. The number of halogens is 1. The number of ketones is 1. The van der Waals surface area contributed by atoms with Crippen LogP contribution in [0.2, 0.25) is 5.02 Å². The number of ether oxygens (including phenoxy) is 2. The number of esters is 2. The molecule has 0 saturated carbocycles. The Morgan fingerprint density at radius 3 is 2.61 bits per heavy atom. The van der Waals surface area contributed by atoms with E-state index in [1.807, 2.05) is 0 Å². The Labute approximate surface area is 170 Å². The summed E-state index contributed by atoms with van der Waals surface area (Å²) in [5, 5.41) is 0.279. The van der Waals surface area contributed by atoms with Gasteiger partial charge in [0.15, 0.2) is 12.4 Å². The van der Waals surface area contributed by atoms with E-state index >= 15 is 0 Å². The van der Waals surface area contributed by atoms with Crippen LogP contribution in [0.4, 0.5) is 0 Å². The third kappa shape index (κ3) is 4.01. The van der Waals surface area contributed by atoms with Crippen molar-refractivity contribution < 1.29 is 28.7 Å². The second-order valence-electron chi connectivity index (χ2n) is 6.76. The number of nitrogens with zero attached hydrogens (tertiary/aromatic N) is 1. The van der Waals surface area contributed by atoms with Crippen LogP contribution in [0.5, 0.6) is 0 Å². The van der Waals surface area contributed by atoms with Crippen molar-refractivity contribution in [2.24, 2.45) is 11.1 Å². The number of carbonyl (C=O) groups is 4. The zero-order chi connectivity index (χ0) is 20.5. The van der Waals surface area contributed by atoms with Crippen LogP contribution in [0.1, 0.15) is 17.3 Å². The predicted molar refractivity (Wildman–Crippen MR) is 102 cm³/mol. The van der Waals surface area contributed by atoms with E-state index in [2.05, 4.69) is 0 Å². The number of thioether (sulfide) groups is 1. The van der Waals surface area contributed by atoms with E-state index in [1.165, 1.54) is 35.7 Å². The molecule has 8 nitrogen and oxygen atoms in total. The molecule has 2 unspecified atom stereocenters. The first-order valence-corrected chi connectivity index (χ1v) is 9.93. The van der Waals surface area contributed by atoms with E-state index in [0.29, 0.717) is 10.6 Å². The number of hydrogen-bond donors (Lipinski definition) is 1. The molecular weight excluding hydrogens is 408 g/mol. The van der Waals surface area contributed by atoms with Gasteiger partial charge < -0.3 is 20.1 Å². The molecule has 2 saturated heterocycles. The summed E-state index contributed by atoms with van der Waals surface area (Å²) in [6, 6.07) is 5.60. The number of β-lactam (4-membered cyclic amide) rings is 1. The summed E-state index contributed by atoms with van der Waals surface area (Å²) in [5.41, 5.74) is 4.88. The normalized spacial score (nSPS) is 26.1. The minimum atomic E-state index is -1.25. The lowest BCUT2D eigenvalue weighted by Crippen LogP contribution is -2.72. The van der Waals surface area contributed by atoms with Crippen molar-refractivity contribution in [1.29, 1.82) is 0 Å². The summed E-state index contributed by atoms with van der Waals surface area (Å²) >= 11 is 7.13. The zero-order valence-electron chi connectivity index (χ0n) is 15.1. The molecule has 1 aromatic rings. The molecule has 0 spiro atoms. The quantitative estimate of drug-likeness (QED) is 0.404. The molecule has 1 aromatic carbocycles. The molecular formula is C18H19ClN2O6S. The standard InChI is InChI=1S/C18H19ClN2O6S/c1-10(22)27-8-18(7-21-15(24)14(20)16(21)28-9-18)17(25)26-6-13(23)11-2-4-12(19)5-3-11/h2-5,14,16H,6-9,20H2,1H3/t14?,16-,18?/m1/s1. The molecule has 10 heteroatoms. The Balaban J connectivity index is 1.68. The summed E-state index contributed by atoms with van der Waals surface area (Å²) < 4.78 is 10.3. The number of rotatable bonds is 6. The average molecular weight is 427 g/mol. The van der Waals surface area contributed by atoms with Gasteiger partial charge in [-0.25, -0.2) is 0 Å². The zero-order valence-corrected chi connectivity index (χ0v) is 16.6. The molecule has 2 aliphatic rings. The molecule has 3 atom stereocenters. The van der Waals surface area contributed by atoms with Crippen molar-refractivity contribution in [3.63, 3.8) is 0 Å². The Morgan fingerprint density at radius 2 is 1.96 bits per heavy atom. The van der Waals surface area contributed by atoms with Gasteiger partial charge in [-0.2, -0.15) is 0 Å². The van der Waals surface area contributed by atoms with Crippen LogP contribution in [-0.4, -0.2) is 65.5 Å². The molecule has 2 aliphatic heterocycles. The highest BCUT2D eigenvalue weighted by molar-refractivity contribution is 8.00. The second-order valence-corrected chi connectivity index (χ2v) is 8.30. The lowest BCUT2D eigenvalue weighted by Gasteiger charge is -2.52. The van der Waals surface area contributed by atoms with Crippen LogP contribution in [0, 0.1) is 5.41 Å². The summed E-state index contributed by atoms with van der Waals surface area (Å²) in [7, 11) is 0. The van der Waals surface area contributed by atoms with E-state index < -0.39 is 35.8 Å². The fourth-order valence-electron chi connectivity index (χ4n) is 3.04. The summed E-state index contributed by atoms with van der Waals surface area (Å²) in [5.74, 6) is -1.65. The minimum Gasteiger partial charge on any atom is -0.465 e. The molecule has 2 fully saturated rings. The summed E-state index contributed by atoms with van der Waals surface area (Å²) in [6.45, 7) is 0.546. The average Bonchev–Trinajstić information content (AvgIpc) is 2.69. The number of nitrogens with two attached hydrogens (primary N) is 1. The third-order valence-electron chi connectivity index (χ3n) is 4.67. The smallest absolute Gasteiger partial charge is 0.318 e. The number of Topliss-reactive ketones (excluding diaryl/α,β-unsaturated/α-hetero) is 1. The van der Waals surface area contributed by atoms with Crippen molar-refractivity contribution >= 4 is 47.0 Å². The molecule has 150 valence electrons. The Hall–Kier alpha value is -2.10. The third-order valence-corrected chi connectivity index (χ3v) is 6.53. The van der Waals surface area contributed by atoms with Gasteiger partial charge in [-0.05, 0) is 24.3 Å². The maximum Gasteiger partial charge on any atom is 0.318 e. The molecule has 0 aromatic heterocycles. The van der Waals surface area contributed by atoms with Crippen LogP contribution in [-0.2, 0) is 23.9 Å². The predicted octanol–water partition coefficient (Wildman–Crippen LogP) is 0.858. The van der Waals surface area contributed by atoms with Crippen LogP contribution in [0.25, 0.3) is 0 Å². The maximum atomic E-state index is 12.8. The van der Waals surface area contributed by atoms with E-state index in [1.54, 1.807) is 12.1 Å². The Kier molecular flexibility index (Phi) is 5.97. The molecule has 1 amide bonds. The molecule has 3 rings (SSSR count). The monoisotopic (exact) mass is 426 g/mol. The first-order chi connectivity index (χ1) is 13.2. The van der Waals surface area contributed by atoms with Gasteiger partial charge in [0.05, 0.1) is 0 Å². The van der Waals surface area contributed by atoms with Crippen molar-refractivity contribution in [2.45, 2.75) is 18.3 Å². The largest absolute Gasteiger partial charge is 0.465 e. The fraction of sp³-hybridized carbons (Fsp3) is 0.444. The van der Waals surface area contributed by atoms with E-state index in [0.717, 1.165) is 0 Å². The van der Waals surface area contributed by atoms with E-state index in [9.17, 15) is 19.2 Å². The van der Waals surface area contributed by atoms with E-state index in [-0.39, 0.29) is 30.2 Å². The van der Waals surface area contributed by atoms with Crippen LogP contribution < -0.4 is 5.73 Å². The molecule has 28 heavy (non-hydrogen) atoms. The van der Waals surface area contributed by atoms with Gasteiger partial charge in [-0.3, -0.25) is 19.2 Å². The van der Waals surface area contributed by atoms with E-state index in [4.69, 9.17) is 26.8 Å². The molecule has 2 N–H and O–H groups in total. The number of amides is 1.